The van der Waals surface area contributed by atoms with E-state index in [0.29, 0.717) is 38.4 Å². The van der Waals surface area contributed by atoms with E-state index in [0.717, 1.165) is 18.7 Å². The molecule has 0 aliphatic carbocycles. The Labute approximate surface area is 131 Å². The maximum absolute atomic E-state index is 12.6. The summed E-state index contributed by atoms with van der Waals surface area (Å²) in [6.07, 6.45) is -2.50. The Bertz CT molecular complexity index is 551. The van der Waals surface area contributed by atoms with E-state index >= 15 is 0 Å². The lowest BCUT2D eigenvalue weighted by Crippen LogP contribution is -2.35. The molecule has 22 heavy (non-hydrogen) atoms. The van der Waals surface area contributed by atoms with E-state index < -0.39 is 11.7 Å². The fourth-order valence-corrected chi connectivity index (χ4v) is 2.71. The monoisotopic (exact) mass is 335 g/mol. The first-order valence-corrected chi connectivity index (χ1v) is 7.46. The van der Waals surface area contributed by atoms with Crippen LogP contribution in [0.2, 0.25) is 5.02 Å². The summed E-state index contributed by atoms with van der Waals surface area (Å²) < 4.78 is 37.9. The molecule has 2 rings (SSSR count). The highest BCUT2D eigenvalue weighted by atomic mass is 35.5. The van der Waals surface area contributed by atoms with E-state index in [1.165, 1.54) is 0 Å². The van der Waals surface area contributed by atoms with Crippen molar-refractivity contribution >= 4 is 23.3 Å². The van der Waals surface area contributed by atoms with Crippen LogP contribution in [0, 0.1) is 0 Å². The molecule has 4 nitrogen and oxygen atoms in total. The van der Waals surface area contributed by atoms with Crippen molar-refractivity contribution in [1.29, 1.82) is 0 Å². The predicted molar refractivity (Wildman–Crippen MR) is 78.0 cm³/mol. The number of carbonyl (C=O) groups excluding carboxylic acids is 1. The van der Waals surface area contributed by atoms with Crippen LogP contribution in [0.25, 0.3) is 0 Å². The van der Waals surface area contributed by atoms with E-state index in [9.17, 15) is 18.0 Å². The summed E-state index contributed by atoms with van der Waals surface area (Å²) in [5.41, 5.74) is -0.862. The molecule has 1 aliphatic rings. The van der Waals surface area contributed by atoms with Crippen LogP contribution in [0.4, 0.5) is 19.0 Å². The highest BCUT2D eigenvalue weighted by Gasteiger charge is 2.32. The van der Waals surface area contributed by atoms with Gasteiger partial charge in [0, 0.05) is 38.8 Å². The molecule has 0 spiro atoms. The van der Waals surface area contributed by atoms with Gasteiger partial charge in [-0.15, -0.1) is 0 Å². The van der Waals surface area contributed by atoms with Crippen molar-refractivity contribution in [3.05, 3.63) is 22.8 Å². The van der Waals surface area contributed by atoms with E-state index in [2.05, 4.69) is 4.98 Å². The largest absolute Gasteiger partial charge is 0.417 e. The van der Waals surface area contributed by atoms with Crippen LogP contribution < -0.4 is 4.90 Å². The summed E-state index contributed by atoms with van der Waals surface area (Å²) in [5.74, 6) is 0.411. The third kappa shape index (κ3) is 3.82. The maximum Gasteiger partial charge on any atom is 0.417 e. The van der Waals surface area contributed by atoms with Gasteiger partial charge in [-0.2, -0.15) is 13.2 Å². The van der Waals surface area contributed by atoms with Gasteiger partial charge in [-0.25, -0.2) is 4.98 Å². The van der Waals surface area contributed by atoms with Crippen LogP contribution in [0.15, 0.2) is 12.3 Å². The highest BCUT2D eigenvalue weighted by Crippen LogP contribution is 2.33. The van der Waals surface area contributed by atoms with Crippen LogP contribution in [0.5, 0.6) is 0 Å². The maximum atomic E-state index is 12.6. The van der Waals surface area contributed by atoms with Crippen LogP contribution in [0.1, 0.15) is 25.3 Å². The third-order valence-electron chi connectivity index (χ3n) is 3.60. The van der Waals surface area contributed by atoms with Crippen molar-refractivity contribution in [2.45, 2.75) is 25.9 Å². The zero-order valence-corrected chi connectivity index (χ0v) is 12.9. The molecule has 0 aromatic carbocycles. The van der Waals surface area contributed by atoms with Crippen LogP contribution in [-0.2, 0) is 11.0 Å². The Morgan fingerprint density at radius 1 is 1.32 bits per heavy atom. The lowest BCUT2D eigenvalue weighted by atomic mass is 10.2. The second-order valence-electron chi connectivity index (χ2n) is 5.10. The third-order valence-corrected chi connectivity index (χ3v) is 3.88. The molecular weight excluding hydrogens is 319 g/mol. The number of alkyl halides is 3. The molecule has 0 unspecified atom stereocenters. The van der Waals surface area contributed by atoms with Crippen LogP contribution in [0.3, 0.4) is 0 Å². The molecule has 1 aromatic rings. The highest BCUT2D eigenvalue weighted by molar-refractivity contribution is 6.33. The van der Waals surface area contributed by atoms with Crippen molar-refractivity contribution < 1.29 is 18.0 Å². The topological polar surface area (TPSA) is 36.4 Å². The van der Waals surface area contributed by atoms with Crippen LogP contribution in [-0.4, -0.2) is 42.0 Å². The van der Waals surface area contributed by atoms with Gasteiger partial charge in [0.25, 0.3) is 0 Å². The number of hydrogen-bond acceptors (Lipinski definition) is 3. The smallest absolute Gasteiger partial charge is 0.354 e. The molecule has 1 aromatic heterocycles. The number of rotatable bonds is 2. The molecular formula is C14H17ClF3N3O. The van der Waals surface area contributed by atoms with Gasteiger partial charge >= 0.3 is 6.18 Å². The molecule has 2 heterocycles. The molecule has 1 aliphatic heterocycles. The summed E-state index contributed by atoms with van der Waals surface area (Å²) in [7, 11) is 0. The Hall–Kier alpha value is -1.50. The molecule has 1 saturated heterocycles. The minimum atomic E-state index is -4.46. The number of carbonyl (C=O) groups is 1. The molecule has 0 bridgehead atoms. The van der Waals surface area contributed by atoms with Gasteiger partial charge in [-0.3, -0.25) is 4.79 Å². The average molecular weight is 336 g/mol. The lowest BCUT2D eigenvalue weighted by Gasteiger charge is -2.23. The Morgan fingerprint density at radius 2 is 2.05 bits per heavy atom. The standard InChI is InChI=1S/C14H17ClF3N3O/c1-2-12(22)20-4-3-5-21(7-6-20)13-11(15)8-10(9-19-13)14(16,17)18/h8-9H,2-7H2,1H3. The first-order chi connectivity index (χ1) is 10.3. The molecule has 0 atom stereocenters. The van der Waals surface area contributed by atoms with E-state index in [4.69, 9.17) is 11.6 Å². The minimum Gasteiger partial charge on any atom is -0.354 e. The average Bonchev–Trinajstić information content (AvgIpc) is 2.71. The predicted octanol–water partition coefficient (Wildman–Crippen LogP) is 3.20. The first kappa shape index (κ1) is 16.9. The normalized spacial score (nSPS) is 16.6. The zero-order chi connectivity index (χ0) is 16.3. The van der Waals surface area contributed by atoms with Crippen molar-refractivity contribution in [1.82, 2.24) is 9.88 Å². The molecule has 0 N–H and O–H groups in total. The Kier molecular flexibility index (Phi) is 5.16. The summed E-state index contributed by atoms with van der Waals surface area (Å²) in [6, 6.07) is 0.893. The van der Waals surface area contributed by atoms with E-state index in [1.807, 2.05) is 4.90 Å². The molecule has 0 saturated carbocycles. The van der Waals surface area contributed by atoms with Gasteiger partial charge in [-0.05, 0) is 12.5 Å². The number of halogens is 4. The number of hydrogen-bond donors (Lipinski definition) is 0. The number of nitrogens with zero attached hydrogens (tertiary/aromatic N) is 3. The number of amides is 1. The van der Waals surface area contributed by atoms with Gasteiger partial charge in [0.1, 0.15) is 5.82 Å². The quantitative estimate of drug-likeness (QED) is 0.832. The fourth-order valence-electron chi connectivity index (χ4n) is 2.42. The zero-order valence-electron chi connectivity index (χ0n) is 12.2. The molecule has 1 amide bonds. The molecule has 8 heteroatoms. The second kappa shape index (κ2) is 6.73. The van der Waals surface area contributed by atoms with E-state index in [1.54, 1.807) is 11.8 Å². The van der Waals surface area contributed by atoms with Crippen molar-refractivity contribution in [2.75, 3.05) is 31.1 Å². The molecule has 122 valence electrons. The summed E-state index contributed by atoms with van der Waals surface area (Å²) in [5, 5.41) is -0.0231. The van der Waals surface area contributed by atoms with Crippen molar-refractivity contribution in [3.8, 4) is 0 Å². The van der Waals surface area contributed by atoms with Crippen LogP contribution >= 0.6 is 11.6 Å². The SMILES string of the molecule is CCC(=O)N1CCCN(c2ncc(C(F)(F)F)cc2Cl)CC1. The summed E-state index contributed by atoms with van der Waals surface area (Å²) >= 11 is 5.96. The van der Waals surface area contributed by atoms with Gasteiger partial charge in [0.2, 0.25) is 5.91 Å². The Morgan fingerprint density at radius 3 is 2.64 bits per heavy atom. The van der Waals surface area contributed by atoms with Gasteiger partial charge in [0.15, 0.2) is 0 Å². The number of anilines is 1. The summed E-state index contributed by atoms with van der Waals surface area (Å²) in [4.78, 5) is 19.2. The van der Waals surface area contributed by atoms with Crippen molar-refractivity contribution in [2.24, 2.45) is 0 Å². The van der Waals surface area contributed by atoms with Crippen molar-refractivity contribution in [3.63, 3.8) is 0 Å². The molecule has 0 radical (unpaired) electrons. The van der Waals surface area contributed by atoms with E-state index in [-0.39, 0.29) is 10.9 Å². The second-order valence-corrected chi connectivity index (χ2v) is 5.51. The number of pyridine rings is 1. The van der Waals surface area contributed by atoms with Gasteiger partial charge in [0.05, 0.1) is 10.6 Å². The lowest BCUT2D eigenvalue weighted by molar-refractivity contribution is -0.137. The molecule has 1 fully saturated rings. The number of aromatic nitrogens is 1. The fraction of sp³-hybridized carbons (Fsp3) is 0.571. The Balaban J connectivity index is 2.14. The van der Waals surface area contributed by atoms with Gasteiger partial charge < -0.3 is 9.80 Å². The first-order valence-electron chi connectivity index (χ1n) is 7.08. The minimum absolute atomic E-state index is 0.0231. The van der Waals surface area contributed by atoms with Gasteiger partial charge in [-0.1, -0.05) is 18.5 Å². The summed E-state index contributed by atoms with van der Waals surface area (Å²) in [6.45, 7) is 4.07.